The molecular formula is C19H17F7N2O3. The molecule has 2 atom stereocenters. The van der Waals surface area contributed by atoms with E-state index >= 15 is 0 Å². The maximum absolute atomic E-state index is 14.6. The third kappa shape index (κ3) is 5.54. The molecule has 31 heavy (non-hydrogen) atoms. The number of halogens is 7. The number of ether oxygens (including phenoxy) is 2. The number of carbonyl (C=O) groups is 1. The molecule has 170 valence electrons. The summed E-state index contributed by atoms with van der Waals surface area (Å²) in [5.74, 6) is -0.999. The lowest BCUT2D eigenvalue weighted by Gasteiger charge is -2.27. The van der Waals surface area contributed by atoms with Crippen LogP contribution in [-0.4, -0.2) is 34.9 Å². The van der Waals surface area contributed by atoms with Crippen LogP contribution >= 0.6 is 0 Å². The second-order valence-corrected chi connectivity index (χ2v) is 6.82. The van der Waals surface area contributed by atoms with Gasteiger partial charge in [0.1, 0.15) is 6.17 Å². The Kier molecular flexibility index (Phi) is 6.58. The number of esters is 1. The molecule has 0 fully saturated rings. The summed E-state index contributed by atoms with van der Waals surface area (Å²) in [5, 5.41) is 3.46. The summed E-state index contributed by atoms with van der Waals surface area (Å²) in [5.41, 5.74) is -2.02. The number of rotatable bonds is 6. The number of benzene rings is 1. The average Bonchev–Trinajstić information content (AvgIpc) is 3.06. The van der Waals surface area contributed by atoms with Gasteiger partial charge in [-0.05, 0) is 31.4 Å². The molecule has 3 rings (SSSR count). The van der Waals surface area contributed by atoms with Crippen LogP contribution in [-0.2, 0) is 28.6 Å². The number of aromatic nitrogens is 2. The first-order valence-corrected chi connectivity index (χ1v) is 9.25. The molecule has 1 aromatic heterocycles. The molecule has 0 saturated heterocycles. The Bertz CT molecular complexity index is 910. The van der Waals surface area contributed by atoms with Crippen LogP contribution in [0.3, 0.4) is 0 Å². The maximum atomic E-state index is 14.6. The van der Waals surface area contributed by atoms with Crippen molar-refractivity contribution < 1.29 is 45.0 Å². The molecule has 1 aliphatic rings. The number of hydrogen-bond acceptors (Lipinski definition) is 4. The SMILES string of the molecule is O=C(O[C@H]1c2c(C(F)(F)F)nn(CCCOC(F)(F)F)c2CC[C@H]1F)c1ccccc1. The quantitative estimate of drug-likeness (QED) is 0.350. The van der Waals surface area contributed by atoms with E-state index in [4.69, 9.17) is 4.74 Å². The highest BCUT2D eigenvalue weighted by Crippen LogP contribution is 2.43. The zero-order chi connectivity index (χ0) is 22.8. The van der Waals surface area contributed by atoms with Crippen molar-refractivity contribution in [1.29, 1.82) is 0 Å². The first-order chi connectivity index (χ1) is 14.5. The van der Waals surface area contributed by atoms with Gasteiger partial charge in [0.05, 0.1) is 12.2 Å². The lowest BCUT2D eigenvalue weighted by molar-refractivity contribution is -0.324. The molecule has 2 aromatic rings. The van der Waals surface area contributed by atoms with Crippen LogP contribution < -0.4 is 0 Å². The number of nitrogens with zero attached hydrogens (tertiary/aromatic N) is 2. The lowest BCUT2D eigenvalue weighted by Crippen LogP contribution is -2.28. The van der Waals surface area contributed by atoms with E-state index in [1.165, 1.54) is 24.3 Å². The Morgan fingerprint density at radius 3 is 2.42 bits per heavy atom. The molecule has 0 aliphatic heterocycles. The number of hydrogen-bond donors (Lipinski definition) is 0. The van der Waals surface area contributed by atoms with Crippen molar-refractivity contribution in [3.63, 3.8) is 0 Å². The number of fused-ring (bicyclic) bond motifs is 1. The van der Waals surface area contributed by atoms with Crippen LogP contribution in [0.15, 0.2) is 30.3 Å². The maximum Gasteiger partial charge on any atom is 0.522 e. The second-order valence-electron chi connectivity index (χ2n) is 6.82. The van der Waals surface area contributed by atoms with Gasteiger partial charge in [-0.3, -0.25) is 9.42 Å². The highest BCUT2D eigenvalue weighted by atomic mass is 19.4. The van der Waals surface area contributed by atoms with E-state index in [9.17, 15) is 35.5 Å². The normalized spacial score (nSPS) is 19.2. The summed E-state index contributed by atoms with van der Waals surface area (Å²) in [6.45, 7) is -1.09. The van der Waals surface area contributed by atoms with Crippen molar-refractivity contribution in [2.24, 2.45) is 0 Å². The van der Waals surface area contributed by atoms with Gasteiger partial charge in [-0.15, -0.1) is 13.2 Å². The van der Waals surface area contributed by atoms with E-state index in [1.54, 1.807) is 6.07 Å². The number of carbonyl (C=O) groups excluding carboxylic acids is 1. The predicted octanol–water partition coefficient (Wildman–Crippen LogP) is 5.01. The molecule has 1 heterocycles. The third-order valence-electron chi connectivity index (χ3n) is 4.66. The second kappa shape index (κ2) is 8.85. The van der Waals surface area contributed by atoms with Gasteiger partial charge in [0, 0.05) is 17.8 Å². The van der Waals surface area contributed by atoms with Gasteiger partial charge >= 0.3 is 18.5 Å². The molecule has 0 spiro atoms. The van der Waals surface area contributed by atoms with Crippen LogP contribution in [0.1, 0.15) is 46.3 Å². The molecule has 0 N–H and O–H groups in total. The fourth-order valence-corrected chi connectivity index (χ4v) is 3.37. The molecule has 5 nitrogen and oxygen atoms in total. The minimum Gasteiger partial charge on any atom is -0.451 e. The average molecular weight is 454 g/mol. The molecule has 0 saturated carbocycles. The van der Waals surface area contributed by atoms with Crippen LogP contribution in [0.4, 0.5) is 30.7 Å². The minimum absolute atomic E-state index is 0.0286. The minimum atomic E-state index is -4.98. The van der Waals surface area contributed by atoms with Crippen molar-refractivity contribution in [2.75, 3.05) is 6.61 Å². The van der Waals surface area contributed by atoms with Gasteiger partial charge in [-0.2, -0.15) is 18.3 Å². The Morgan fingerprint density at radius 1 is 1.13 bits per heavy atom. The van der Waals surface area contributed by atoms with E-state index in [1.807, 2.05) is 0 Å². The zero-order valence-electron chi connectivity index (χ0n) is 15.8. The van der Waals surface area contributed by atoms with Crippen molar-refractivity contribution in [3.05, 3.63) is 52.8 Å². The number of alkyl halides is 7. The Morgan fingerprint density at radius 2 is 1.81 bits per heavy atom. The molecule has 0 bridgehead atoms. The Hall–Kier alpha value is -2.63. The van der Waals surface area contributed by atoms with Crippen molar-refractivity contribution >= 4 is 5.97 Å². The van der Waals surface area contributed by atoms with E-state index in [-0.39, 0.29) is 37.1 Å². The summed E-state index contributed by atoms with van der Waals surface area (Å²) in [6, 6.07) is 7.37. The van der Waals surface area contributed by atoms with Crippen LogP contribution in [0.25, 0.3) is 0 Å². The highest BCUT2D eigenvalue weighted by molar-refractivity contribution is 5.89. The van der Waals surface area contributed by atoms with Gasteiger partial charge in [0.25, 0.3) is 0 Å². The Labute approximate surface area is 171 Å². The van der Waals surface area contributed by atoms with Gasteiger partial charge in [-0.1, -0.05) is 18.2 Å². The van der Waals surface area contributed by atoms with Crippen molar-refractivity contribution in [2.45, 2.75) is 50.6 Å². The smallest absolute Gasteiger partial charge is 0.451 e. The third-order valence-corrected chi connectivity index (χ3v) is 4.66. The summed E-state index contributed by atoms with van der Waals surface area (Å²) in [4.78, 5) is 12.3. The lowest BCUT2D eigenvalue weighted by atomic mass is 9.91. The van der Waals surface area contributed by atoms with Crippen LogP contribution in [0.2, 0.25) is 0 Å². The summed E-state index contributed by atoms with van der Waals surface area (Å²) in [6.07, 6.45) is -14.2. The van der Waals surface area contributed by atoms with Gasteiger partial charge in [0.2, 0.25) is 0 Å². The molecule has 0 radical (unpaired) electrons. The van der Waals surface area contributed by atoms with E-state index in [0.717, 1.165) is 4.68 Å². The monoisotopic (exact) mass is 454 g/mol. The van der Waals surface area contributed by atoms with E-state index < -0.39 is 48.6 Å². The first kappa shape index (κ1) is 23.0. The summed E-state index contributed by atoms with van der Waals surface area (Å²) in [7, 11) is 0. The Balaban J connectivity index is 1.88. The molecule has 1 aliphatic carbocycles. The molecule has 0 unspecified atom stereocenters. The molecular weight excluding hydrogens is 437 g/mol. The number of aryl methyl sites for hydroxylation is 1. The topological polar surface area (TPSA) is 53.3 Å². The van der Waals surface area contributed by atoms with Gasteiger partial charge in [-0.25, -0.2) is 9.18 Å². The summed E-state index contributed by atoms with van der Waals surface area (Å²) < 4.78 is 101. The molecule has 12 heteroatoms. The standard InChI is InChI=1S/C19H17F7N2O3/c20-12-7-8-13-14(15(12)31-17(29)11-5-2-1-3-6-11)16(18(21,22)23)27-28(13)9-4-10-30-19(24,25)26/h1-3,5-6,12,15H,4,7-10H2/t12-,15-/m1/s1. The fraction of sp³-hybridized carbons (Fsp3) is 0.474. The predicted molar refractivity (Wildman–Crippen MR) is 91.7 cm³/mol. The van der Waals surface area contributed by atoms with E-state index in [2.05, 4.69) is 9.84 Å². The van der Waals surface area contributed by atoms with Gasteiger partial charge < -0.3 is 4.74 Å². The fourth-order valence-electron chi connectivity index (χ4n) is 3.37. The zero-order valence-corrected chi connectivity index (χ0v) is 15.8. The van der Waals surface area contributed by atoms with Gasteiger partial charge in [0.15, 0.2) is 11.8 Å². The molecule has 0 amide bonds. The van der Waals surface area contributed by atoms with E-state index in [0.29, 0.717) is 0 Å². The van der Waals surface area contributed by atoms with Crippen molar-refractivity contribution in [1.82, 2.24) is 9.78 Å². The first-order valence-electron chi connectivity index (χ1n) is 9.25. The largest absolute Gasteiger partial charge is 0.522 e. The van der Waals surface area contributed by atoms with Crippen LogP contribution in [0, 0.1) is 0 Å². The van der Waals surface area contributed by atoms with Crippen molar-refractivity contribution in [3.8, 4) is 0 Å². The van der Waals surface area contributed by atoms with Crippen LogP contribution in [0.5, 0.6) is 0 Å². The molecule has 1 aromatic carbocycles. The summed E-state index contributed by atoms with van der Waals surface area (Å²) >= 11 is 0. The highest BCUT2D eigenvalue weighted by Gasteiger charge is 2.46.